The van der Waals surface area contributed by atoms with Crippen LogP contribution in [0, 0.1) is 0 Å². The van der Waals surface area contributed by atoms with Crippen molar-refractivity contribution in [2.75, 3.05) is 6.54 Å². The van der Waals surface area contributed by atoms with Crippen LogP contribution in [0.25, 0.3) is 0 Å². The Morgan fingerprint density at radius 2 is 1.80 bits per heavy atom. The maximum Gasteiger partial charge on any atom is 0.326 e. The van der Waals surface area contributed by atoms with Crippen molar-refractivity contribution >= 4 is 23.9 Å². The fourth-order valence-corrected chi connectivity index (χ4v) is 1.40. The molecule has 20 heavy (non-hydrogen) atoms. The molecule has 0 bridgehead atoms. The molecule has 3 amide bonds. The number of carbonyl (C=O) groups is 4. The predicted octanol–water partition coefficient (Wildman–Crippen LogP) is -1.12. The molecule has 0 aromatic carbocycles. The molecule has 0 unspecified atom stereocenters. The smallest absolute Gasteiger partial charge is 0.326 e. The van der Waals surface area contributed by atoms with Gasteiger partial charge in [-0.3, -0.25) is 9.59 Å². The molecule has 0 aromatic rings. The SMILES string of the molecule is O=C(O)CC[C@H](NC(=O)NCC(=O)NC1CC1)C(=O)O. The quantitative estimate of drug-likeness (QED) is 0.382. The number of aliphatic carboxylic acids is 2. The molecule has 9 nitrogen and oxygen atoms in total. The van der Waals surface area contributed by atoms with E-state index in [9.17, 15) is 19.2 Å². The minimum atomic E-state index is -1.33. The molecule has 0 saturated heterocycles. The van der Waals surface area contributed by atoms with E-state index < -0.39 is 24.0 Å². The van der Waals surface area contributed by atoms with Gasteiger partial charge in [0.25, 0.3) is 0 Å². The van der Waals surface area contributed by atoms with E-state index in [1.807, 2.05) is 0 Å². The van der Waals surface area contributed by atoms with E-state index in [1.54, 1.807) is 0 Å². The van der Waals surface area contributed by atoms with Crippen LogP contribution in [0.3, 0.4) is 0 Å². The summed E-state index contributed by atoms with van der Waals surface area (Å²) >= 11 is 0. The first-order valence-electron chi connectivity index (χ1n) is 6.17. The van der Waals surface area contributed by atoms with Gasteiger partial charge in [0.1, 0.15) is 6.04 Å². The number of rotatable bonds is 8. The lowest BCUT2D eigenvalue weighted by Gasteiger charge is -2.14. The first kappa shape index (κ1) is 15.7. The summed E-state index contributed by atoms with van der Waals surface area (Å²) in [7, 11) is 0. The Bertz CT molecular complexity index is 407. The molecule has 1 fully saturated rings. The summed E-state index contributed by atoms with van der Waals surface area (Å²) in [5.74, 6) is -2.83. The standard InChI is InChI=1S/C11H17N3O6/c15-8(13-6-1-2-6)5-12-11(20)14-7(10(18)19)3-4-9(16)17/h6-7H,1-5H2,(H,13,15)(H,16,17)(H,18,19)(H2,12,14,20)/t7-/m0/s1. The maximum absolute atomic E-state index is 11.4. The third-order valence-electron chi connectivity index (χ3n) is 2.60. The number of hydrogen-bond acceptors (Lipinski definition) is 4. The van der Waals surface area contributed by atoms with Gasteiger partial charge in [0.2, 0.25) is 5.91 Å². The molecule has 0 heterocycles. The number of urea groups is 1. The molecule has 0 aromatic heterocycles. The van der Waals surface area contributed by atoms with Gasteiger partial charge in [-0.1, -0.05) is 0 Å². The number of carboxylic acids is 2. The van der Waals surface area contributed by atoms with Gasteiger partial charge in [-0.05, 0) is 19.3 Å². The molecule has 1 atom stereocenters. The molecule has 1 rings (SSSR count). The lowest BCUT2D eigenvalue weighted by Crippen LogP contribution is -2.48. The summed E-state index contributed by atoms with van der Waals surface area (Å²) in [5, 5.41) is 24.3. The van der Waals surface area contributed by atoms with Crippen LogP contribution in [0.5, 0.6) is 0 Å². The molecule has 0 aliphatic heterocycles. The number of carbonyl (C=O) groups excluding carboxylic acids is 2. The highest BCUT2D eigenvalue weighted by Crippen LogP contribution is 2.18. The maximum atomic E-state index is 11.4. The monoisotopic (exact) mass is 287 g/mol. The van der Waals surface area contributed by atoms with Crippen molar-refractivity contribution in [1.82, 2.24) is 16.0 Å². The van der Waals surface area contributed by atoms with E-state index in [0.29, 0.717) is 0 Å². The predicted molar refractivity (Wildman–Crippen MR) is 66.0 cm³/mol. The molecule has 1 aliphatic carbocycles. The van der Waals surface area contributed by atoms with Gasteiger partial charge in [-0.2, -0.15) is 0 Å². The fraction of sp³-hybridized carbons (Fsp3) is 0.636. The number of amides is 3. The van der Waals surface area contributed by atoms with Crippen LogP contribution >= 0.6 is 0 Å². The van der Waals surface area contributed by atoms with E-state index in [4.69, 9.17) is 10.2 Å². The molecule has 5 N–H and O–H groups in total. The third-order valence-corrected chi connectivity index (χ3v) is 2.60. The Kier molecular flexibility index (Phi) is 5.75. The van der Waals surface area contributed by atoms with Gasteiger partial charge >= 0.3 is 18.0 Å². The first-order valence-corrected chi connectivity index (χ1v) is 6.17. The van der Waals surface area contributed by atoms with Crippen molar-refractivity contribution in [3.63, 3.8) is 0 Å². The highest BCUT2D eigenvalue weighted by molar-refractivity contribution is 5.86. The molecular weight excluding hydrogens is 270 g/mol. The highest BCUT2D eigenvalue weighted by atomic mass is 16.4. The van der Waals surface area contributed by atoms with E-state index in [2.05, 4.69) is 16.0 Å². The fourth-order valence-electron chi connectivity index (χ4n) is 1.40. The van der Waals surface area contributed by atoms with Gasteiger partial charge < -0.3 is 26.2 Å². The van der Waals surface area contributed by atoms with Crippen LogP contribution in [-0.2, 0) is 14.4 Å². The normalized spacial score (nSPS) is 15.0. The molecule has 112 valence electrons. The summed E-state index contributed by atoms with van der Waals surface area (Å²) in [5.41, 5.74) is 0. The number of nitrogens with one attached hydrogen (secondary N) is 3. The van der Waals surface area contributed by atoms with Crippen LogP contribution < -0.4 is 16.0 Å². The number of hydrogen-bond donors (Lipinski definition) is 5. The zero-order valence-electron chi connectivity index (χ0n) is 10.7. The Morgan fingerprint density at radius 3 is 2.30 bits per heavy atom. The van der Waals surface area contributed by atoms with E-state index in [0.717, 1.165) is 12.8 Å². The molecule has 9 heteroatoms. The van der Waals surface area contributed by atoms with Crippen LogP contribution in [0.4, 0.5) is 4.79 Å². The van der Waals surface area contributed by atoms with Crippen LogP contribution in [-0.4, -0.2) is 52.7 Å². The zero-order chi connectivity index (χ0) is 15.1. The molecule has 0 radical (unpaired) electrons. The topological polar surface area (TPSA) is 145 Å². The summed E-state index contributed by atoms with van der Waals surface area (Å²) < 4.78 is 0. The Labute approximate surface area is 114 Å². The Hall–Kier alpha value is -2.32. The van der Waals surface area contributed by atoms with Crippen molar-refractivity contribution in [3.05, 3.63) is 0 Å². The van der Waals surface area contributed by atoms with Crippen LogP contribution in [0.1, 0.15) is 25.7 Å². The zero-order valence-corrected chi connectivity index (χ0v) is 10.7. The minimum Gasteiger partial charge on any atom is -0.481 e. The molecule has 1 saturated carbocycles. The summed E-state index contributed by atoms with van der Waals surface area (Å²) in [4.78, 5) is 43.9. The molecule has 0 spiro atoms. The average Bonchev–Trinajstić information content (AvgIpc) is 3.15. The largest absolute Gasteiger partial charge is 0.481 e. The van der Waals surface area contributed by atoms with Crippen LogP contribution in [0.2, 0.25) is 0 Å². The third kappa shape index (κ3) is 6.57. The van der Waals surface area contributed by atoms with E-state index in [-0.39, 0.29) is 31.3 Å². The first-order chi connectivity index (χ1) is 9.38. The van der Waals surface area contributed by atoms with Crippen molar-refractivity contribution in [2.24, 2.45) is 0 Å². The Balaban J connectivity index is 2.27. The lowest BCUT2D eigenvalue weighted by atomic mass is 10.1. The van der Waals surface area contributed by atoms with Crippen molar-refractivity contribution in [1.29, 1.82) is 0 Å². The summed E-state index contributed by atoms with van der Waals surface area (Å²) in [6, 6.07) is -1.96. The Morgan fingerprint density at radius 1 is 1.15 bits per heavy atom. The second kappa shape index (κ2) is 7.31. The lowest BCUT2D eigenvalue weighted by molar-refractivity contribution is -0.140. The minimum absolute atomic E-state index is 0.176. The van der Waals surface area contributed by atoms with Crippen LogP contribution in [0.15, 0.2) is 0 Å². The second-order valence-corrected chi connectivity index (χ2v) is 4.49. The average molecular weight is 287 g/mol. The number of carboxylic acid groups (broad SMARTS) is 2. The molecule has 1 aliphatic rings. The van der Waals surface area contributed by atoms with Crippen molar-refractivity contribution in [3.8, 4) is 0 Å². The van der Waals surface area contributed by atoms with E-state index >= 15 is 0 Å². The van der Waals surface area contributed by atoms with Crippen molar-refractivity contribution in [2.45, 2.75) is 37.8 Å². The highest BCUT2D eigenvalue weighted by Gasteiger charge is 2.24. The summed E-state index contributed by atoms with van der Waals surface area (Å²) in [6.45, 7) is -0.256. The van der Waals surface area contributed by atoms with Gasteiger partial charge in [0.15, 0.2) is 0 Å². The van der Waals surface area contributed by atoms with Crippen molar-refractivity contribution < 1.29 is 29.4 Å². The second-order valence-electron chi connectivity index (χ2n) is 4.49. The summed E-state index contributed by atoms with van der Waals surface area (Å²) in [6.07, 6.45) is 1.24. The molecular formula is C11H17N3O6. The van der Waals surface area contributed by atoms with E-state index in [1.165, 1.54) is 0 Å². The van der Waals surface area contributed by atoms with Gasteiger partial charge in [0, 0.05) is 12.5 Å². The van der Waals surface area contributed by atoms with Gasteiger partial charge in [-0.15, -0.1) is 0 Å². The van der Waals surface area contributed by atoms with Gasteiger partial charge in [-0.25, -0.2) is 9.59 Å². The van der Waals surface area contributed by atoms with Gasteiger partial charge in [0.05, 0.1) is 6.54 Å².